The zero-order valence-corrected chi connectivity index (χ0v) is 12.2. The zero-order chi connectivity index (χ0) is 13.8. The van der Waals surface area contributed by atoms with Crippen molar-refractivity contribution in [1.29, 1.82) is 0 Å². The van der Waals surface area contributed by atoms with Crippen LogP contribution in [0.4, 0.5) is 0 Å². The molecule has 2 unspecified atom stereocenters. The summed E-state index contributed by atoms with van der Waals surface area (Å²) >= 11 is 0. The Hall–Kier alpha value is -1.48. The summed E-state index contributed by atoms with van der Waals surface area (Å²) in [5.74, 6) is 0.831. The van der Waals surface area contributed by atoms with Crippen LogP contribution in [0.25, 0.3) is 11.0 Å². The lowest BCUT2D eigenvalue weighted by Crippen LogP contribution is -2.38. The highest BCUT2D eigenvalue weighted by atomic mass is 14.9. The predicted octanol–water partition coefficient (Wildman–Crippen LogP) is 3.69. The fraction of sp³-hybridized carbons (Fsp3) is 0.529. The third-order valence-electron chi connectivity index (χ3n) is 4.48. The van der Waals surface area contributed by atoms with Crippen LogP contribution < -0.4 is 5.32 Å². The summed E-state index contributed by atoms with van der Waals surface area (Å²) in [6, 6.07) is 8.71. The lowest BCUT2D eigenvalue weighted by Gasteiger charge is -2.31. The second-order valence-corrected chi connectivity index (χ2v) is 5.79. The topological polar surface area (TPSA) is 37.8 Å². The fourth-order valence-corrected chi connectivity index (χ4v) is 3.28. The van der Waals surface area contributed by atoms with E-state index in [0.717, 1.165) is 29.2 Å². The van der Waals surface area contributed by atoms with Crippen LogP contribution in [0.15, 0.2) is 30.5 Å². The lowest BCUT2D eigenvalue weighted by molar-refractivity contribution is 0.254. The molecule has 1 fully saturated rings. The number of para-hydroxylation sites is 2. The molecule has 0 amide bonds. The summed E-state index contributed by atoms with van der Waals surface area (Å²) in [5.41, 5.74) is 3.01. The number of rotatable bonds is 4. The van der Waals surface area contributed by atoms with E-state index in [9.17, 15) is 0 Å². The number of fused-ring (bicyclic) bond motifs is 1. The third-order valence-corrected chi connectivity index (χ3v) is 4.48. The molecular weight excluding hydrogens is 246 g/mol. The van der Waals surface area contributed by atoms with Gasteiger partial charge in [0.2, 0.25) is 0 Å². The van der Waals surface area contributed by atoms with Gasteiger partial charge in [-0.1, -0.05) is 38.3 Å². The average molecular weight is 269 g/mol. The zero-order valence-electron chi connectivity index (χ0n) is 12.2. The maximum absolute atomic E-state index is 4.69. The summed E-state index contributed by atoms with van der Waals surface area (Å²) in [4.78, 5) is 9.17. The Morgan fingerprint density at radius 2 is 1.95 bits per heavy atom. The number of hydrogen-bond donors (Lipinski definition) is 1. The van der Waals surface area contributed by atoms with Crippen molar-refractivity contribution >= 4 is 11.0 Å². The number of nitrogens with one attached hydrogen (secondary N) is 1. The molecule has 1 aliphatic rings. The minimum atomic E-state index is 0.655. The van der Waals surface area contributed by atoms with Gasteiger partial charge < -0.3 is 5.32 Å². The average Bonchev–Trinajstić information content (AvgIpc) is 2.53. The Morgan fingerprint density at radius 1 is 1.15 bits per heavy atom. The predicted molar refractivity (Wildman–Crippen MR) is 82.4 cm³/mol. The monoisotopic (exact) mass is 269 g/mol. The molecule has 0 aliphatic heterocycles. The van der Waals surface area contributed by atoms with E-state index >= 15 is 0 Å². The first-order valence-electron chi connectivity index (χ1n) is 7.81. The number of aromatic nitrogens is 2. The van der Waals surface area contributed by atoms with Crippen LogP contribution in [-0.4, -0.2) is 16.0 Å². The van der Waals surface area contributed by atoms with Crippen molar-refractivity contribution < 1.29 is 0 Å². The van der Waals surface area contributed by atoms with E-state index < -0.39 is 0 Å². The summed E-state index contributed by atoms with van der Waals surface area (Å²) in [6.45, 7) is 3.14. The van der Waals surface area contributed by atoms with Crippen LogP contribution in [0.5, 0.6) is 0 Å². The van der Waals surface area contributed by atoms with Gasteiger partial charge in [-0.3, -0.25) is 4.98 Å². The van der Waals surface area contributed by atoms with Gasteiger partial charge in [-0.25, -0.2) is 4.98 Å². The molecule has 1 heterocycles. The van der Waals surface area contributed by atoms with Gasteiger partial charge in [0.05, 0.1) is 22.9 Å². The molecule has 3 rings (SSSR count). The Bertz CT molecular complexity index is 567. The van der Waals surface area contributed by atoms with Crippen molar-refractivity contribution in [2.24, 2.45) is 5.92 Å². The molecule has 0 radical (unpaired) electrons. The maximum Gasteiger partial charge on any atom is 0.0890 e. The lowest BCUT2D eigenvalue weighted by atomic mass is 9.83. The van der Waals surface area contributed by atoms with Gasteiger partial charge in [0.25, 0.3) is 0 Å². The van der Waals surface area contributed by atoms with Crippen molar-refractivity contribution in [2.75, 3.05) is 0 Å². The standard InChI is InChI=1S/C17H23N3/c1-2-13-7-3-4-8-15(13)18-11-14-12-19-16-9-5-6-10-17(16)20-14/h5-6,9-10,12-13,15,18H,2-4,7-8,11H2,1H3. The van der Waals surface area contributed by atoms with Gasteiger partial charge in [0.1, 0.15) is 0 Å². The smallest absolute Gasteiger partial charge is 0.0890 e. The Morgan fingerprint density at radius 3 is 2.80 bits per heavy atom. The van der Waals surface area contributed by atoms with E-state index in [-0.39, 0.29) is 0 Å². The fourth-order valence-electron chi connectivity index (χ4n) is 3.28. The molecular formula is C17H23N3. The van der Waals surface area contributed by atoms with Crippen LogP contribution in [-0.2, 0) is 6.54 Å². The second kappa shape index (κ2) is 6.31. The first kappa shape index (κ1) is 13.5. The molecule has 20 heavy (non-hydrogen) atoms. The van der Waals surface area contributed by atoms with Gasteiger partial charge in [0, 0.05) is 12.6 Å². The Labute approximate surface area is 120 Å². The number of hydrogen-bond acceptors (Lipinski definition) is 3. The van der Waals surface area contributed by atoms with E-state index in [1.807, 2.05) is 30.5 Å². The molecule has 3 heteroatoms. The van der Waals surface area contributed by atoms with Gasteiger partial charge in [-0.2, -0.15) is 0 Å². The summed E-state index contributed by atoms with van der Waals surface area (Å²) in [5, 5.41) is 3.70. The van der Waals surface area contributed by atoms with Crippen molar-refractivity contribution in [2.45, 2.75) is 51.6 Å². The van der Waals surface area contributed by atoms with E-state index in [4.69, 9.17) is 0 Å². The van der Waals surface area contributed by atoms with E-state index in [2.05, 4.69) is 22.2 Å². The van der Waals surface area contributed by atoms with Gasteiger partial charge in [-0.15, -0.1) is 0 Å². The van der Waals surface area contributed by atoms with Crippen molar-refractivity contribution in [1.82, 2.24) is 15.3 Å². The van der Waals surface area contributed by atoms with Crippen molar-refractivity contribution in [3.63, 3.8) is 0 Å². The molecule has 2 aromatic rings. The minimum Gasteiger partial charge on any atom is -0.308 e. The van der Waals surface area contributed by atoms with Crippen LogP contribution in [0.2, 0.25) is 0 Å². The van der Waals surface area contributed by atoms with Gasteiger partial charge in [0.15, 0.2) is 0 Å². The van der Waals surface area contributed by atoms with Crippen LogP contribution >= 0.6 is 0 Å². The van der Waals surface area contributed by atoms with E-state index in [1.54, 1.807) is 0 Å². The molecule has 0 bridgehead atoms. The SMILES string of the molecule is CCC1CCCCC1NCc1cnc2ccccc2n1. The number of nitrogens with zero attached hydrogens (tertiary/aromatic N) is 2. The van der Waals surface area contributed by atoms with Crippen LogP contribution in [0, 0.1) is 5.92 Å². The highest BCUT2D eigenvalue weighted by Gasteiger charge is 2.22. The molecule has 0 saturated heterocycles. The molecule has 106 valence electrons. The first-order chi connectivity index (χ1) is 9.86. The molecule has 1 saturated carbocycles. The number of benzene rings is 1. The highest BCUT2D eigenvalue weighted by molar-refractivity contribution is 5.73. The summed E-state index contributed by atoms with van der Waals surface area (Å²) in [6.07, 6.45) is 8.61. The Balaban J connectivity index is 1.67. The summed E-state index contributed by atoms with van der Waals surface area (Å²) < 4.78 is 0. The van der Waals surface area contributed by atoms with Gasteiger partial charge >= 0.3 is 0 Å². The molecule has 1 aromatic carbocycles. The molecule has 3 nitrogen and oxygen atoms in total. The minimum absolute atomic E-state index is 0.655. The molecule has 1 N–H and O–H groups in total. The normalized spacial score (nSPS) is 23.1. The second-order valence-electron chi connectivity index (χ2n) is 5.79. The van der Waals surface area contributed by atoms with Crippen molar-refractivity contribution in [3.05, 3.63) is 36.2 Å². The quantitative estimate of drug-likeness (QED) is 0.920. The summed E-state index contributed by atoms with van der Waals surface area (Å²) in [7, 11) is 0. The highest BCUT2D eigenvalue weighted by Crippen LogP contribution is 2.26. The van der Waals surface area contributed by atoms with Crippen molar-refractivity contribution in [3.8, 4) is 0 Å². The molecule has 1 aliphatic carbocycles. The largest absolute Gasteiger partial charge is 0.308 e. The van der Waals surface area contributed by atoms with Crippen LogP contribution in [0.1, 0.15) is 44.7 Å². The molecule has 2 atom stereocenters. The molecule has 1 aromatic heterocycles. The van der Waals surface area contributed by atoms with Gasteiger partial charge in [-0.05, 0) is 30.9 Å². The van der Waals surface area contributed by atoms with Crippen LogP contribution in [0.3, 0.4) is 0 Å². The van der Waals surface area contributed by atoms with E-state index in [0.29, 0.717) is 6.04 Å². The Kier molecular flexibility index (Phi) is 4.26. The molecule has 0 spiro atoms. The maximum atomic E-state index is 4.69. The first-order valence-corrected chi connectivity index (χ1v) is 7.81. The van der Waals surface area contributed by atoms with E-state index in [1.165, 1.54) is 32.1 Å². The third kappa shape index (κ3) is 2.98.